The highest BCUT2D eigenvalue weighted by Crippen LogP contribution is 2.34. The Bertz CT molecular complexity index is 1080. The van der Waals surface area contributed by atoms with Gasteiger partial charge in [-0.05, 0) is 50.0 Å². The number of nitrogens with one attached hydrogen (secondary N) is 1. The molecule has 0 unspecified atom stereocenters. The maximum atomic E-state index is 6.34. The zero-order valence-electron chi connectivity index (χ0n) is 16.6. The van der Waals surface area contributed by atoms with Crippen LogP contribution < -0.4 is 20.3 Å². The van der Waals surface area contributed by atoms with Crippen molar-refractivity contribution >= 4 is 29.1 Å². The van der Waals surface area contributed by atoms with E-state index in [-0.39, 0.29) is 6.10 Å². The molecular weight excluding hydrogens is 384 g/mol. The van der Waals surface area contributed by atoms with Gasteiger partial charge in [0.05, 0.1) is 34.7 Å². The van der Waals surface area contributed by atoms with Crippen LogP contribution in [0.3, 0.4) is 0 Å². The van der Waals surface area contributed by atoms with E-state index in [4.69, 9.17) is 16.3 Å². The summed E-state index contributed by atoms with van der Waals surface area (Å²) in [5, 5.41) is 12.0. The lowest BCUT2D eigenvalue weighted by molar-refractivity contribution is 0.142. The minimum atomic E-state index is 0.276. The first kappa shape index (κ1) is 18.5. The molecule has 0 saturated heterocycles. The van der Waals surface area contributed by atoms with E-state index in [0.29, 0.717) is 12.5 Å². The largest absolute Gasteiger partial charge is 0.490 e. The van der Waals surface area contributed by atoms with E-state index in [1.165, 1.54) is 11.3 Å². The molecule has 3 aliphatic rings. The molecule has 1 aliphatic carbocycles. The van der Waals surface area contributed by atoms with Gasteiger partial charge < -0.3 is 14.6 Å². The van der Waals surface area contributed by atoms with E-state index in [1.54, 1.807) is 0 Å². The summed E-state index contributed by atoms with van der Waals surface area (Å²) in [6.45, 7) is 1.41. The number of H-pyrrole nitrogens is 1. The van der Waals surface area contributed by atoms with Crippen LogP contribution in [0.25, 0.3) is 11.8 Å². The molecule has 0 bridgehead atoms. The summed E-state index contributed by atoms with van der Waals surface area (Å²) >= 11 is 6.34. The summed E-state index contributed by atoms with van der Waals surface area (Å²) in [5.74, 6) is 1.37. The second-order valence-electron chi connectivity index (χ2n) is 8.04. The van der Waals surface area contributed by atoms with Crippen LogP contribution in [0.2, 0.25) is 0 Å². The van der Waals surface area contributed by atoms with Crippen molar-refractivity contribution in [3.63, 3.8) is 0 Å². The average Bonchev–Trinajstić information content (AvgIpc) is 3.04. The molecule has 0 spiro atoms. The number of aromatic nitrogens is 1. The van der Waals surface area contributed by atoms with Crippen molar-refractivity contribution < 1.29 is 4.74 Å². The van der Waals surface area contributed by atoms with Crippen LogP contribution in [0.1, 0.15) is 31.2 Å². The van der Waals surface area contributed by atoms with Crippen LogP contribution in [0.4, 0.5) is 5.69 Å². The van der Waals surface area contributed by atoms with Gasteiger partial charge in [0.2, 0.25) is 0 Å². The first-order chi connectivity index (χ1) is 14.2. The van der Waals surface area contributed by atoms with Gasteiger partial charge in [0, 0.05) is 30.1 Å². The zero-order valence-corrected chi connectivity index (χ0v) is 17.3. The summed E-state index contributed by atoms with van der Waals surface area (Å²) in [4.78, 5) is 5.84. The maximum Gasteiger partial charge on any atom is 0.119 e. The van der Waals surface area contributed by atoms with Crippen molar-refractivity contribution in [3.8, 4) is 5.75 Å². The SMILES string of the molecule is CN1CC=C(Cl)C=c2[nH]c3c(c21)CN=NC=3C1CCC(Oc2ccccc2)CC1. The van der Waals surface area contributed by atoms with E-state index < -0.39 is 0 Å². The molecule has 1 N–H and O–H groups in total. The molecule has 1 saturated carbocycles. The number of likely N-dealkylation sites (N-methyl/N-ethyl adjacent to an activating group) is 1. The summed E-state index contributed by atoms with van der Waals surface area (Å²) in [5.41, 5.74) is 3.54. The summed E-state index contributed by atoms with van der Waals surface area (Å²) in [6, 6.07) is 10.1. The molecule has 0 atom stereocenters. The van der Waals surface area contributed by atoms with Gasteiger partial charge in [-0.25, -0.2) is 0 Å². The second-order valence-corrected chi connectivity index (χ2v) is 8.48. The minimum absolute atomic E-state index is 0.276. The minimum Gasteiger partial charge on any atom is -0.490 e. The normalized spacial score (nSPS) is 23.6. The Morgan fingerprint density at radius 1 is 1.14 bits per heavy atom. The molecule has 1 aromatic heterocycles. The number of allylic oxidation sites excluding steroid dienone is 1. The molecule has 1 aromatic carbocycles. The number of hydrogen-bond acceptors (Lipinski definition) is 4. The Labute approximate surface area is 175 Å². The fourth-order valence-electron chi connectivity index (χ4n) is 4.64. The van der Waals surface area contributed by atoms with Crippen molar-refractivity contribution in [2.45, 2.75) is 38.3 Å². The smallest absolute Gasteiger partial charge is 0.119 e. The highest BCUT2D eigenvalue weighted by atomic mass is 35.5. The van der Waals surface area contributed by atoms with Crippen LogP contribution in [0, 0.1) is 5.92 Å². The summed E-state index contributed by atoms with van der Waals surface area (Å²) < 4.78 is 6.16. The topological polar surface area (TPSA) is 53.0 Å². The second kappa shape index (κ2) is 7.71. The van der Waals surface area contributed by atoms with Gasteiger partial charge in [0.15, 0.2) is 0 Å². The molecule has 5 rings (SSSR count). The van der Waals surface area contributed by atoms with Gasteiger partial charge in [-0.15, -0.1) is 0 Å². The van der Waals surface area contributed by atoms with Crippen molar-refractivity contribution in [1.29, 1.82) is 0 Å². The maximum absolute atomic E-state index is 6.34. The number of hydrogen-bond donors (Lipinski definition) is 1. The molecule has 1 fully saturated rings. The van der Waals surface area contributed by atoms with E-state index in [1.807, 2.05) is 42.5 Å². The molecule has 2 aromatic rings. The predicted molar refractivity (Wildman–Crippen MR) is 116 cm³/mol. The lowest BCUT2D eigenvalue weighted by Gasteiger charge is -2.29. The number of fused-ring (bicyclic) bond motifs is 3. The molecule has 2 aliphatic heterocycles. The third-order valence-electron chi connectivity index (χ3n) is 6.10. The van der Waals surface area contributed by atoms with Crippen molar-refractivity contribution in [2.75, 3.05) is 18.5 Å². The first-order valence-corrected chi connectivity index (χ1v) is 10.7. The number of anilines is 1. The van der Waals surface area contributed by atoms with Gasteiger partial charge in [0.25, 0.3) is 0 Å². The van der Waals surface area contributed by atoms with Crippen LogP contribution >= 0.6 is 11.6 Å². The van der Waals surface area contributed by atoms with Gasteiger partial charge >= 0.3 is 0 Å². The molecule has 3 heterocycles. The molecular formula is C23H25ClN4O. The number of rotatable bonds is 3. The lowest BCUT2D eigenvalue weighted by atomic mass is 9.84. The Morgan fingerprint density at radius 2 is 1.93 bits per heavy atom. The van der Waals surface area contributed by atoms with Gasteiger partial charge in [-0.2, -0.15) is 10.2 Å². The van der Waals surface area contributed by atoms with E-state index in [2.05, 4.69) is 27.2 Å². The van der Waals surface area contributed by atoms with Crippen LogP contribution in [-0.2, 0) is 6.54 Å². The number of azo groups is 1. The van der Waals surface area contributed by atoms with E-state index >= 15 is 0 Å². The fourth-order valence-corrected chi connectivity index (χ4v) is 4.82. The highest BCUT2D eigenvalue weighted by Gasteiger charge is 2.29. The summed E-state index contributed by atoms with van der Waals surface area (Å²) in [7, 11) is 2.10. The average molecular weight is 409 g/mol. The third-order valence-corrected chi connectivity index (χ3v) is 6.36. The number of para-hydroxylation sites is 1. The highest BCUT2D eigenvalue weighted by molar-refractivity contribution is 6.34. The molecule has 0 radical (unpaired) electrons. The molecule has 0 amide bonds. The Kier molecular flexibility index (Phi) is 4.92. The third kappa shape index (κ3) is 3.60. The van der Waals surface area contributed by atoms with Crippen molar-refractivity contribution in [2.24, 2.45) is 16.1 Å². The fraction of sp³-hybridized carbons (Fsp3) is 0.391. The Morgan fingerprint density at radius 3 is 2.72 bits per heavy atom. The quantitative estimate of drug-likeness (QED) is 0.831. The monoisotopic (exact) mass is 408 g/mol. The molecule has 29 heavy (non-hydrogen) atoms. The number of ether oxygens (including phenoxy) is 1. The Hall–Kier alpha value is -2.53. The number of halogens is 1. The Balaban J connectivity index is 1.42. The van der Waals surface area contributed by atoms with Gasteiger partial charge in [-0.1, -0.05) is 29.8 Å². The van der Waals surface area contributed by atoms with Crippen molar-refractivity contribution in [1.82, 2.24) is 4.98 Å². The standard InChI is InChI=1S/C23H25ClN4O/c1-28-12-11-16(24)13-20-23(28)19-14-25-27-21(22(19)26-20)15-7-9-18(10-8-15)29-17-5-3-2-4-6-17/h2-6,11,13,15,18,26H,7-10,12,14H2,1H3. The zero-order chi connectivity index (χ0) is 19.8. The molecule has 6 heteroatoms. The number of nitrogens with zero attached hydrogens (tertiary/aromatic N) is 3. The van der Waals surface area contributed by atoms with E-state index in [0.717, 1.165) is 59.4 Å². The van der Waals surface area contributed by atoms with Crippen LogP contribution in [0.15, 0.2) is 51.7 Å². The van der Waals surface area contributed by atoms with Crippen molar-refractivity contribution in [3.05, 3.63) is 57.7 Å². The lowest BCUT2D eigenvalue weighted by Crippen LogP contribution is -2.28. The van der Waals surface area contributed by atoms with Gasteiger partial charge in [-0.3, -0.25) is 0 Å². The first-order valence-electron chi connectivity index (χ1n) is 10.3. The number of aromatic amines is 1. The van der Waals surface area contributed by atoms with E-state index in [9.17, 15) is 0 Å². The van der Waals surface area contributed by atoms with Gasteiger partial charge in [0.1, 0.15) is 5.75 Å². The summed E-state index contributed by atoms with van der Waals surface area (Å²) in [6.07, 6.45) is 8.53. The van der Waals surface area contributed by atoms with Crippen LogP contribution in [0.5, 0.6) is 5.75 Å². The predicted octanol–water partition coefficient (Wildman–Crippen LogP) is 4.08. The molecule has 5 nitrogen and oxygen atoms in total. The van der Waals surface area contributed by atoms with Crippen LogP contribution in [-0.4, -0.2) is 24.7 Å². The molecule has 150 valence electrons. The number of benzene rings is 1.